The van der Waals surface area contributed by atoms with Crippen LogP contribution in [0.2, 0.25) is 0 Å². The summed E-state index contributed by atoms with van der Waals surface area (Å²) in [6, 6.07) is 8.06. The van der Waals surface area contributed by atoms with Gasteiger partial charge in [0, 0.05) is 18.1 Å². The van der Waals surface area contributed by atoms with Crippen molar-refractivity contribution in [3.63, 3.8) is 0 Å². The Balaban J connectivity index is 2.16. The summed E-state index contributed by atoms with van der Waals surface area (Å²) in [4.78, 5) is 12.0. The molecule has 6 nitrogen and oxygen atoms in total. The molecule has 0 amide bonds. The van der Waals surface area contributed by atoms with Crippen LogP contribution in [0, 0.1) is 12.7 Å². The molecule has 0 aliphatic carbocycles. The Kier molecular flexibility index (Phi) is 4.93. The number of cyclic esters (lactones) is 1. The van der Waals surface area contributed by atoms with Crippen molar-refractivity contribution < 1.29 is 30.8 Å². The van der Waals surface area contributed by atoms with Gasteiger partial charge in [-0.15, -0.1) is 0 Å². The molecular formula is C19H17FO6S2. The highest BCUT2D eigenvalue weighted by molar-refractivity contribution is 7.91. The Morgan fingerprint density at radius 1 is 0.893 bits per heavy atom. The summed E-state index contributed by atoms with van der Waals surface area (Å²) in [7, 11) is -7.14. The first-order valence-corrected chi connectivity index (χ1v) is 11.9. The summed E-state index contributed by atoms with van der Waals surface area (Å²) in [5.41, 5.74) is 1.81. The molecular weight excluding hydrogens is 407 g/mol. The molecule has 0 unspecified atom stereocenters. The van der Waals surface area contributed by atoms with Crippen LogP contribution in [-0.2, 0) is 29.2 Å². The van der Waals surface area contributed by atoms with Gasteiger partial charge in [-0.25, -0.2) is 26.0 Å². The fraction of sp³-hybridized carbons (Fsp3) is 0.211. The van der Waals surface area contributed by atoms with Crippen LogP contribution >= 0.6 is 0 Å². The minimum absolute atomic E-state index is 0.0985. The lowest BCUT2D eigenvalue weighted by molar-refractivity contribution is -0.133. The molecule has 2 aromatic carbocycles. The van der Waals surface area contributed by atoms with Gasteiger partial charge in [-0.05, 0) is 47.9 Å². The molecule has 1 aliphatic heterocycles. The van der Waals surface area contributed by atoms with Gasteiger partial charge in [0.15, 0.2) is 19.7 Å². The molecule has 0 aromatic heterocycles. The molecule has 1 heterocycles. The summed E-state index contributed by atoms with van der Waals surface area (Å²) >= 11 is 0. The second-order valence-corrected chi connectivity index (χ2v) is 10.6. The topological polar surface area (TPSA) is 94.6 Å². The number of halogens is 1. The molecule has 28 heavy (non-hydrogen) atoms. The zero-order chi connectivity index (χ0) is 20.9. The standard InChI is InChI=1S/C19H17FO6S2/c1-11-8-13(5-6-16(11)27(2,22)23)18-14(10-26-19(18)21)12-4-7-17(15(20)9-12)28(3,24)25/h4-9H,10H2,1-3H3. The Bertz CT molecular complexity index is 1240. The van der Waals surface area contributed by atoms with Crippen molar-refractivity contribution in [2.45, 2.75) is 16.7 Å². The van der Waals surface area contributed by atoms with Crippen LogP contribution < -0.4 is 0 Å². The van der Waals surface area contributed by atoms with E-state index in [2.05, 4.69) is 0 Å². The first kappa shape index (κ1) is 20.2. The second kappa shape index (κ2) is 6.82. The van der Waals surface area contributed by atoms with Crippen LogP contribution in [0.15, 0.2) is 46.2 Å². The first-order chi connectivity index (χ1) is 12.9. The van der Waals surface area contributed by atoms with Gasteiger partial charge >= 0.3 is 5.97 Å². The smallest absolute Gasteiger partial charge is 0.339 e. The van der Waals surface area contributed by atoms with E-state index in [-0.39, 0.29) is 17.1 Å². The largest absolute Gasteiger partial charge is 0.457 e. The number of carbonyl (C=O) groups is 1. The predicted molar refractivity (Wildman–Crippen MR) is 102 cm³/mol. The predicted octanol–water partition coefficient (Wildman–Crippen LogP) is 2.41. The van der Waals surface area contributed by atoms with E-state index >= 15 is 0 Å². The lowest BCUT2D eigenvalue weighted by Crippen LogP contribution is -2.03. The highest BCUT2D eigenvalue weighted by atomic mass is 32.2. The zero-order valence-electron chi connectivity index (χ0n) is 15.3. The average Bonchev–Trinajstić information content (AvgIpc) is 2.93. The van der Waals surface area contributed by atoms with Gasteiger partial charge in [0.1, 0.15) is 17.3 Å². The maximum atomic E-state index is 14.3. The molecule has 0 bridgehead atoms. The van der Waals surface area contributed by atoms with Crippen LogP contribution in [0.1, 0.15) is 16.7 Å². The Hall–Kier alpha value is -2.52. The molecule has 0 spiro atoms. The van der Waals surface area contributed by atoms with Crippen molar-refractivity contribution in [3.8, 4) is 0 Å². The number of carbonyl (C=O) groups excluding carboxylic acids is 1. The number of hydrogen-bond donors (Lipinski definition) is 0. The van der Waals surface area contributed by atoms with Crippen molar-refractivity contribution >= 4 is 36.8 Å². The van der Waals surface area contributed by atoms with Crippen LogP contribution in [0.3, 0.4) is 0 Å². The van der Waals surface area contributed by atoms with Crippen LogP contribution in [0.4, 0.5) is 4.39 Å². The van der Waals surface area contributed by atoms with Gasteiger partial charge < -0.3 is 4.74 Å². The van der Waals surface area contributed by atoms with Gasteiger partial charge in [0.2, 0.25) is 0 Å². The number of esters is 1. The molecule has 148 valence electrons. The van der Waals surface area contributed by atoms with E-state index in [0.29, 0.717) is 22.3 Å². The summed E-state index contributed by atoms with van der Waals surface area (Å²) in [6.07, 6.45) is 2.00. The van der Waals surface area contributed by atoms with Gasteiger partial charge in [0.25, 0.3) is 0 Å². The number of benzene rings is 2. The quantitative estimate of drug-likeness (QED) is 0.700. The van der Waals surface area contributed by atoms with Gasteiger partial charge in [0.05, 0.1) is 10.5 Å². The molecule has 0 saturated heterocycles. The summed E-state index contributed by atoms with van der Waals surface area (Å²) in [5.74, 6) is -1.54. The van der Waals surface area contributed by atoms with E-state index in [0.717, 1.165) is 24.6 Å². The van der Waals surface area contributed by atoms with Gasteiger partial charge in [-0.3, -0.25) is 0 Å². The Morgan fingerprint density at radius 3 is 2.00 bits per heavy atom. The molecule has 0 atom stereocenters. The van der Waals surface area contributed by atoms with E-state index in [1.807, 2.05) is 0 Å². The zero-order valence-corrected chi connectivity index (χ0v) is 16.9. The maximum absolute atomic E-state index is 14.3. The molecule has 3 rings (SSSR count). The summed E-state index contributed by atoms with van der Waals surface area (Å²) in [6.45, 7) is 1.51. The number of rotatable bonds is 4. The Morgan fingerprint density at radius 2 is 1.46 bits per heavy atom. The van der Waals surface area contributed by atoms with Crippen LogP contribution in [0.25, 0.3) is 11.1 Å². The maximum Gasteiger partial charge on any atom is 0.339 e. The molecule has 9 heteroatoms. The molecule has 0 radical (unpaired) electrons. The van der Waals surface area contributed by atoms with Gasteiger partial charge in [-0.2, -0.15) is 0 Å². The van der Waals surface area contributed by atoms with E-state index in [1.165, 1.54) is 18.2 Å². The number of sulfone groups is 2. The monoisotopic (exact) mass is 424 g/mol. The summed E-state index contributed by atoms with van der Waals surface area (Å²) in [5, 5.41) is 0. The van der Waals surface area contributed by atoms with E-state index in [9.17, 15) is 26.0 Å². The van der Waals surface area contributed by atoms with Gasteiger partial charge in [-0.1, -0.05) is 12.1 Å². The third-order valence-corrected chi connectivity index (χ3v) is 6.78. The molecule has 1 aliphatic rings. The highest BCUT2D eigenvalue weighted by Crippen LogP contribution is 2.35. The average molecular weight is 424 g/mol. The third kappa shape index (κ3) is 3.72. The lowest BCUT2D eigenvalue weighted by Gasteiger charge is -2.09. The summed E-state index contributed by atoms with van der Waals surface area (Å²) < 4.78 is 66.1. The SMILES string of the molecule is Cc1cc(C2=C(c3ccc(S(C)(=O)=O)c(F)c3)COC2=O)ccc1S(C)(=O)=O. The van der Waals surface area contributed by atoms with Crippen molar-refractivity contribution in [3.05, 3.63) is 58.9 Å². The van der Waals surface area contributed by atoms with Crippen LogP contribution in [-0.4, -0.2) is 41.9 Å². The number of aryl methyl sites for hydroxylation is 1. The van der Waals surface area contributed by atoms with Crippen LogP contribution in [0.5, 0.6) is 0 Å². The van der Waals surface area contributed by atoms with E-state index in [1.54, 1.807) is 13.0 Å². The fourth-order valence-electron chi connectivity index (χ4n) is 3.14. The minimum atomic E-state index is -3.72. The fourth-order valence-corrected chi connectivity index (χ4v) is 4.82. The third-order valence-electron chi connectivity index (χ3n) is 4.40. The van der Waals surface area contributed by atoms with E-state index in [4.69, 9.17) is 4.74 Å². The molecule has 0 fully saturated rings. The first-order valence-electron chi connectivity index (χ1n) is 8.11. The molecule has 0 N–H and O–H groups in total. The second-order valence-electron chi connectivity index (χ2n) is 6.60. The number of ether oxygens (including phenoxy) is 1. The van der Waals surface area contributed by atoms with Crippen molar-refractivity contribution in [2.24, 2.45) is 0 Å². The molecule has 0 saturated carbocycles. The Labute approximate surface area is 162 Å². The minimum Gasteiger partial charge on any atom is -0.457 e. The van der Waals surface area contributed by atoms with Crippen molar-refractivity contribution in [2.75, 3.05) is 19.1 Å². The van der Waals surface area contributed by atoms with E-state index < -0.39 is 36.4 Å². The van der Waals surface area contributed by atoms with Crippen molar-refractivity contribution in [1.29, 1.82) is 0 Å². The highest BCUT2D eigenvalue weighted by Gasteiger charge is 2.29. The van der Waals surface area contributed by atoms with Crippen molar-refractivity contribution in [1.82, 2.24) is 0 Å². The molecule has 2 aromatic rings. The normalized spacial score (nSPS) is 15.1. The number of hydrogen-bond acceptors (Lipinski definition) is 6. The lowest BCUT2D eigenvalue weighted by atomic mass is 9.95.